The van der Waals surface area contributed by atoms with Gasteiger partial charge in [-0.05, 0) is 18.1 Å². The van der Waals surface area contributed by atoms with E-state index in [4.69, 9.17) is 12.2 Å². The summed E-state index contributed by atoms with van der Waals surface area (Å²) >= 11 is 5.02. The van der Waals surface area contributed by atoms with Crippen LogP contribution in [0.25, 0.3) is 0 Å². The van der Waals surface area contributed by atoms with Crippen LogP contribution in [0.15, 0.2) is 5.10 Å². The molecule has 13 heavy (non-hydrogen) atoms. The second-order valence-electron chi connectivity index (χ2n) is 3.12. The van der Waals surface area contributed by atoms with E-state index in [2.05, 4.69) is 29.1 Å². The molecule has 0 radical (unpaired) electrons. The molecular formula is C8H14N4S. The fourth-order valence-electron chi connectivity index (χ4n) is 0.872. The molecule has 72 valence electrons. The molecule has 1 aromatic heterocycles. The predicted molar refractivity (Wildman–Crippen MR) is 55.5 cm³/mol. The molecule has 0 saturated heterocycles. The molecule has 5 heteroatoms. The Hall–Kier alpha value is -0.970. The number of aromatic nitrogens is 3. The molecule has 1 rings (SSSR count). The largest absolute Gasteiger partial charge is 0.250 e. The van der Waals surface area contributed by atoms with Gasteiger partial charge in [-0.25, -0.2) is 0 Å². The lowest BCUT2D eigenvalue weighted by Gasteiger charge is -1.97. The third-order valence-electron chi connectivity index (χ3n) is 1.51. The van der Waals surface area contributed by atoms with Crippen LogP contribution in [0.5, 0.6) is 0 Å². The standard InChI is InChI=1S/C8H14N4S/c1-4-7-10-11-8(13)12(7)9-5-6(2)3/h5-6H,4H2,1-3H3,(H,11,13)/b9-5+. The topological polar surface area (TPSA) is 46.0 Å². The first-order chi connectivity index (χ1) is 6.15. The van der Waals surface area contributed by atoms with Gasteiger partial charge in [-0.2, -0.15) is 14.9 Å². The van der Waals surface area contributed by atoms with Gasteiger partial charge >= 0.3 is 0 Å². The van der Waals surface area contributed by atoms with Gasteiger partial charge in [0.15, 0.2) is 5.82 Å². The van der Waals surface area contributed by atoms with Crippen LogP contribution >= 0.6 is 12.2 Å². The maximum absolute atomic E-state index is 5.02. The zero-order valence-electron chi connectivity index (χ0n) is 8.11. The highest BCUT2D eigenvalue weighted by Gasteiger charge is 2.00. The molecule has 0 aromatic carbocycles. The number of rotatable bonds is 3. The highest BCUT2D eigenvalue weighted by Crippen LogP contribution is 1.98. The summed E-state index contributed by atoms with van der Waals surface area (Å²) in [5.41, 5.74) is 0. The fourth-order valence-corrected chi connectivity index (χ4v) is 1.07. The molecule has 4 nitrogen and oxygen atoms in total. The first-order valence-electron chi connectivity index (χ1n) is 4.36. The van der Waals surface area contributed by atoms with Crippen molar-refractivity contribution in [2.24, 2.45) is 11.0 Å². The molecule has 0 unspecified atom stereocenters. The van der Waals surface area contributed by atoms with Crippen LogP contribution in [-0.2, 0) is 6.42 Å². The van der Waals surface area contributed by atoms with Crippen molar-refractivity contribution in [3.8, 4) is 0 Å². The van der Waals surface area contributed by atoms with Gasteiger partial charge in [-0.15, -0.1) is 0 Å². The summed E-state index contributed by atoms with van der Waals surface area (Å²) in [6.45, 7) is 6.16. The number of aryl methyl sites for hydroxylation is 1. The lowest BCUT2D eigenvalue weighted by atomic mass is 10.3. The van der Waals surface area contributed by atoms with E-state index in [9.17, 15) is 0 Å². The van der Waals surface area contributed by atoms with Crippen molar-refractivity contribution in [3.63, 3.8) is 0 Å². The van der Waals surface area contributed by atoms with E-state index in [1.807, 2.05) is 13.1 Å². The predicted octanol–water partition coefficient (Wildman–Crippen LogP) is 1.99. The Bertz CT molecular complexity index is 347. The molecule has 1 aromatic rings. The number of aromatic amines is 1. The molecule has 0 aliphatic heterocycles. The van der Waals surface area contributed by atoms with Crippen molar-refractivity contribution < 1.29 is 0 Å². The van der Waals surface area contributed by atoms with Gasteiger partial charge in [0.25, 0.3) is 0 Å². The molecule has 0 aliphatic carbocycles. The second-order valence-corrected chi connectivity index (χ2v) is 3.51. The summed E-state index contributed by atoms with van der Waals surface area (Å²) < 4.78 is 2.21. The van der Waals surface area contributed by atoms with Crippen LogP contribution in [-0.4, -0.2) is 21.1 Å². The average Bonchev–Trinajstić information content (AvgIpc) is 2.43. The minimum atomic E-state index is 0.418. The Kier molecular flexibility index (Phi) is 3.36. The van der Waals surface area contributed by atoms with Crippen LogP contribution in [0.1, 0.15) is 26.6 Å². The van der Waals surface area contributed by atoms with Gasteiger partial charge in [0.1, 0.15) is 0 Å². The number of hydrogen-bond donors (Lipinski definition) is 1. The summed E-state index contributed by atoms with van der Waals surface area (Å²) in [6, 6.07) is 0. The minimum absolute atomic E-state index is 0.418. The molecule has 0 aliphatic rings. The fraction of sp³-hybridized carbons (Fsp3) is 0.625. The van der Waals surface area contributed by atoms with E-state index in [0.29, 0.717) is 10.7 Å². The first kappa shape index (κ1) is 10.1. The quantitative estimate of drug-likeness (QED) is 0.596. The van der Waals surface area contributed by atoms with Gasteiger partial charge in [0, 0.05) is 12.6 Å². The minimum Gasteiger partial charge on any atom is -0.250 e. The van der Waals surface area contributed by atoms with Gasteiger partial charge in [-0.3, -0.25) is 5.10 Å². The van der Waals surface area contributed by atoms with Crippen molar-refractivity contribution in [2.45, 2.75) is 27.2 Å². The third kappa shape index (κ3) is 2.48. The average molecular weight is 198 g/mol. The summed E-state index contributed by atoms with van der Waals surface area (Å²) in [5, 5.41) is 11.0. The van der Waals surface area contributed by atoms with Crippen molar-refractivity contribution >= 4 is 18.4 Å². The lowest BCUT2D eigenvalue weighted by molar-refractivity contribution is 0.764. The van der Waals surface area contributed by atoms with Crippen LogP contribution in [0.4, 0.5) is 0 Å². The first-order valence-corrected chi connectivity index (χ1v) is 4.76. The molecule has 1 N–H and O–H groups in total. The number of hydrogen-bond acceptors (Lipinski definition) is 3. The molecular weight excluding hydrogens is 184 g/mol. The monoisotopic (exact) mass is 198 g/mol. The number of nitrogens with zero attached hydrogens (tertiary/aromatic N) is 3. The van der Waals surface area contributed by atoms with Crippen molar-refractivity contribution in [1.29, 1.82) is 0 Å². The van der Waals surface area contributed by atoms with E-state index in [0.717, 1.165) is 12.2 Å². The van der Waals surface area contributed by atoms with Gasteiger partial charge in [-0.1, -0.05) is 20.8 Å². The molecule has 1 heterocycles. The highest BCUT2D eigenvalue weighted by atomic mass is 32.1. The molecule has 0 bridgehead atoms. The van der Waals surface area contributed by atoms with Crippen LogP contribution in [0, 0.1) is 10.7 Å². The normalized spacial score (nSPS) is 11.7. The maximum Gasteiger partial charge on any atom is 0.216 e. The Balaban J connectivity index is 2.98. The SMILES string of the molecule is CCc1n[nH]c(=S)n1/N=C/C(C)C. The number of nitrogens with one attached hydrogen (secondary N) is 1. The van der Waals surface area contributed by atoms with Crippen LogP contribution in [0.3, 0.4) is 0 Å². The lowest BCUT2D eigenvalue weighted by Crippen LogP contribution is -1.99. The molecule has 0 amide bonds. The molecule has 0 spiro atoms. The van der Waals surface area contributed by atoms with Crippen LogP contribution < -0.4 is 0 Å². The molecule has 0 saturated carbocycles. The van der Waals surface area contributed by atoms with Crippen molar-refractivity contribution in [2.75, 3.05) is 0 Å². The summed E-state index contributed by atoms with van der Waals surface area (Å²) in [5.74, 6) is 1.28. The Labute approximate surface area is 82.7 Å². The van der Waals surface area contributed by atoms with Gasteiger partial charge in [0.2, 0.25) is 4.77 Å². The van der Waals surface area contributed by atoms with Crippen molar-refractivity contribution in [3.05, 3.63) is 10.6 Å². The van der Waals surface area contributed by atoms with E-state index in [1.54, 1.807) is 4.68 Å². The highest BCUT2D eigenvalue weighted by molar-refractivity contribution is 7.71. The smallest absolute Gasteiger partial charge is 0.216 e. The third-order valence-corrected chi connectivity index (χ3v) is 1.78. The van der Waals surface area contributed by atoms with E-state index in [1.165, 1.54) is 0 Å². The van der Waals surface area contributed by atoms with E-state index in [-0.39, 0.29) is 0 Å². The second kappa shape index (κ2) is 4.32. The van der Waals surface area contributed by atoms with E-state index < -0.39 is 0 Å². The zero-order chi connectivity index (χ0) is 9.84. The summed E-state index contributed by atoms with van der Waals surface area (Å²) in [4.78, 5) is 0. The summed E-state index contributed by atoms with van der Waals surface area (Å²) in [7, 11) is 0. The van der Waals surface area contributed by atoms with Crippen LogP contribution in [0.2, 0.25) is 0 Å². The van der Waals surface area contributed by atoms with Crippen molar-refractivity contribution in [1.82, 2.24) is 14.9 Å². The Morgan fingerprint density at radius 1 is 1.69 bits per heavy atom. The number of H-pyrrole nitrogens is 1. The summed E-state index contributed by atoms with van der Waals surface area (Å²) in [6.07, 6.45) is 2.67. The molecule has 0 atom stereocenters. The van der Waals surface area contributed by atoms with Gasteiger partial charge in [0.05, 0.1) is 0 Å². The Morgan fingerprint density at radius 3 is 2.92 bits per heavy atom. The van der Waals surface area contributed by atoms with E-state index >= 15 is 0 Å². The maximum atomic E-state index is 5.02. The molecule has 0 fully saturated rings. The van der Waals surface area contributed by atoms with Gasteiger partial charge < -0.3 is 0 Å². The Morgan fingerprint density at radius 2 is 2.38 bits per heavy atom. The zero-order valence-corrected chi connectivity index (χ0v) is 8.93.